The van der Waals surface area contributed by atoms with Crippen molar-refractivity contribution in [2.24, 2.45) is 0 Å². The molecule has 6 heteroatoms. The molecule has 1 aliphatic rings. The van der Waals surface area contributed by atoms with E-state index in [9.17, 15) is 0 Å². The van der Waals surface area contributed by atoms with Crippen LogP contribution in [0.15, 0.2) is 24.4 Å². The molecule has 100 valence electrons. The standard InChI is InChI=1S/C13H13Cl2N3S/c14-9-2-1-3-10(15)11(9)13(4-5-13)18-7-8-6-17-12(16)19-8/h1-3,6,18H,4-5,7H2,(H2,16,17). The third kappa shape index (κ3) is 2.58. The lowest BCUT2D eigenvalue weighted by Gasteiger charge is -2.20. The van der Waals surface area contributed by atoms with Gasteiger partial charge in [-0.3, -0.25) is 0 Å². The van der Waals surface area contributed by atoms with E-state index in [0.29, 0.717) is 5.13 Å². The van der Waals surface area contributed by atoms with Gasteiger partial charge in [-0.1, -0.05) is 29.3 Å². The highest BCUT2D eigenvalue weighted by Gasteiger charge is 2.46. The number of thiazole rings is 1. The first-order valence-corrected chi connectivity index (χ1v) is 7.58. The van der Waals surface area contributed by atoms with Gasteiger partial charge < -0.3 is 11.1 Å². The van der Waals surface area contributed by atoms with Crippen molar-refractivity contribution in [3.05, 3.63) is 44.9 Å². The van der Waals surface area contributed by atoms with E-state index in [0.717, 1.165) is 39.9 Å². The summed E-state index contributed by atoms with van der Waals surface area (Å²) in [6.45, 7) is 0.733. The molecular weight excluding hydrogens is 301 g/mol. The number of rotatable bonds is 4. The third-order valence-electron chi connectivity index (χ3n) is 3.36. The van der Waals surface area contributed by atoms with Gasteiger partial charge in [0.25, 0.3) is 0 Å². The lowest BCUT2D eigenvalue weighted by molar-refractivity contribution is 0.522. The number of hydrogen-bond donors (Lipinski definition) is 2. The normalized spacial score (nSPS) is 16.5. The van der Waals surface area contributed by atoms with Crippen LogP contribution in [0.5, 0.6) is 0 Å². The minimum atomic E-state index is -0.0891. The van der Waals surface area contributed by atoms with Crippen molar-refractivity contribution in [3.63, 3.8) is 0 Å². The van der Waals surface area contributed by atoms with E-state index in [4.69, 9.17) is 28.9 Å². The third-order valence-corrected chi connectivity index (χ3v) is 4.82. The Balaban J connectivity index is 1.80. The van der Waals surface area contributed by atoms with Gasteiger partial charge in [0.15, 0.2) is 5.13 Å². The second kappa shape index (κ2) is 4.94. The minimum absolute atomic E-state index is 0.0891. The Morgan fingerprint density at radius 1 is 1.32 bits per heavy atom. The number of halogens is 2. The van der Waals surface area contributed by atoms with Gasteiger partial charge in [0, 0.05) is 38.8 Å². The first-order chi connectivity index (χ1) is 9.11. The second-order valence-corrected chi connectivity index (χ2v) is 6.66. The van der Waals surface area contributed by atoms with E-state index in [2.05, 4.69) is 10.3 Å². The maximum Gasteiger partial charge on any atom is 0.180 e. The summed E-state index contributed by atoms with van der Waals surface area (Å²) in [4.78, 5) is 5.17. The fraction of sp³-hybridized carbons (Fsp3) is 0.308. The number of nitrogens with zero attached hydrogens (tertiary/aromatic N) is 1. The Morgan fingerprint density at radius 2 is 2.00 bits per heavy atom. The van der Waals surface area contributed by atoms with Crippen LogP contribution in [-0.2, 0) is 12.1 Å². The van der Waals surface area contributed by atoms with Crippen LogP contribution in [0.1, 0.15) is 23.3 Å². The summed E-state index contributed by atoms with van der Waals surface area (Å²) in [5, 5.41) is 5.59. The summed E-state index contributed by atoms with van der Waals surface area (Å²) in [7, 11) is 0. The SMILES string of the molecule is Nc1ncc(CNC2(c3c(Cl)cccc3Cl)CC2)s1. The predicted octanol–water partition coefficient (Wildman–Crippen LogP) is 3.81. The van der Waals surface area contributed by atoms with Gasteiger partial charge in [0.1, 0.15) is 0 Å². The predicted molar refractivity (Wildman–Crippen MR) is 80.7 cm³/mol. The van der Waals surface area contributed by atoms with Gasteiger partial charge in [0.05, 0.1) is 0 Å². The molecule has 0 saturated heterocycles. The average Bonchev–Trinajstić information content (AvgIpc) is 3.02. The highest BCUT2D eigenvalue weighted by Crippen LogP contribution is 2.50. The van der Waals surface area contributed by atoms with Crippen molar-refractivity contribution in [1.29, 1.82) is 0 Å². The van der Waals surface area contributed by atoms with Gasteiger partial charge in [-0.15, -0.1) is 11.3 Å². The van der Waals surface area contributed by atoms with Crippen LogP contribution >= 0.6 is 34.5 Å². The zero-order valence-corrected chi connectivity index (χ0v) is 12.4. The van der Waals surface area contributed by atoms with Crippen LogP contribution in [0.3, 0.4) is 0 Å². The molecule has 1 saturated carbocycles. The molecule has 1 aliphatic carbocycles. The molecule has 3 N–H and O–H groups in total. The molecule has 0 spiro atoms. The molecule has 0 radical (unpaired) electrons. The Hall–Kier alpha value is -0.810. The number of nitrogens with one attached hydrogen (secondary N) is 1. The fourth-order valence-electron chi connectivity index (χ4n) is 2.26. The molecule has 19 heavy (non-hydrogen) atoms. The maximum absolute atomic E-state index is 6.29. The Morgan fingerprint density at radius 3 is 2.53 bits per heavy atom. The van der Waals surface area contributed by atoms with Crippen LogP contribution in [0.4, 0.5) is 5.13 Å². The van der Waals surface area contributed by atoms with Gasteiger partial charge in [-0.2, -0.15) is 0 Å². The van der Waals surface area contributed by atoms with E-state index < -0.39 is 0 Å². The van der Waals surface area contributed by atoms with Crippen molar-refractivity contribution in [2.45, 2.75) is 24.9 Å². The first kappa shape index (κ1) is 13.2. The number of nitrogens with two attached hydrogens (primary N) is 1. The molecule has 2 aromatic rings. The molecule has 1 fully saturated rings. The highest BCUT2D eigenvalue weighted by atomic mass is 35.5. The molecule has 1 aromatic carbocycles. The molecule has 3 nitrogen and oxygen atoms in total. The van der Waals surface area contributed by atoms with E-state index in [1.807, 2.05) is 18.2 Å². The van der Waals surface area contributed by atoms with Crippen molar-refractivity contribution < 1.29 is 0 Å². The summed E-state index contributed by atoms with van der Waals surface area (Å²) >= 11 is 14.1. The number of anilines is 1. The van der Waals surface area contributed by atoms with Gasteiger partial charge >= 0.3 is 0 Å². The van der Waals surface area contributed by atoms with Gasteiger partial charge in [-0.05, 0) is 25.0 Å². The summed E-state index contributed by atoms with van der Waals surface area (Å²) in [5.74, 6) is 0. The molecule has 1 aromatic heterocycles. The van der Waals surface area contributed by atoms with Crippen LogP contribution in [0.25, 0.3) is 0 Å². The Bertz CT molecular complexity index is 587. The fourth-order valence-corrected chi connectivity index (χ4v) is 3.64. The lowest BCUT2D eigenvalue weighted by Crippen LogP contribution is -2.28. The van der Waals surface area contributed by atoms with Crippen molar-refractivity contribution >= 4 is 39.7 Å². The van der Waals surface area contributed by atoms with E-state index in [1.54, 1.807) is 6.20 Å². The van der Waals surface area contributed by atoms with E-state index >= 15 is 0 Å². The Labute approximate surface area is 125 Å². The van der Waals surface area contributed by atoms with Gasteiger partial charge in [-0.25, -0.2) is 4.98 Å². The number of aromatic nitrogens is 1. The van der Waals surface area contributed by atoms with Crippen LogP contribution in [0.2, 0.25) is 10.0 Å². The molecule has 0 aliphatic heterocycles. The molecule has 3 rings (SSSR count). The zero-order chi connectivity index (χ0) is 13.5. The summed E-state index contributed by atoms with van der Waals surface area (Å²) in [6.07, 6.45) is 3.90. The zero-order valence-electron chi connectivity index (χ0n) is 10.1. The molecule has 0 atom stereocenters. The van der Waals surface area contributed by atoms with Crippen LogP contribution in [0, 0.1) is 0 Å². The topological polar surface area (TPSA) is 50.9 Å². The van der Waals surface area contributed by atoms with Crippen molar-refractivity contribution in [1.82, 2.24) is 10.3 Å². The second-order valence-electron chi connectivity index (χ2n) is 4.70. The summed E-state index contributed by atoms with van der Waals surface area (Å²) in [5.41, 5.74) is 6.55. The molecule has 0 unspecified atom stereocenters. The number of nitrogen functional groups attached to an aromatic ring is 1. The first-order valence-electron chi connectivity index (χ1n) is 6.00. The average molecular weight is 314 g/mol. The highest BCUT2D eigenvalue weighted by molar-refractivity contribution is 7.15. The maximum atomic E-state index is 6.29. The number of hydrogen-bond acceptors (Lipinski definition) is 4. The van der Waals surface area contributed by atoms with Crippen molar-refractivity contribution in [3.8, 4) is 0 Å². The largest absolute Gasteiger partial charge is 0.375 e. The Kier molecular flexibility index (Phi) is 3.43. The summed E-state index contributed by atoms with van der Waals surface area (Å²) in [6, 6.07) is 5.64. The number of benzene rings is 1. The van der Waals surface area contributed by atoms with E-state index in [-0.39, 0.29) is 5.54 Å². The minimum Gasteiger partial charge on any atom is -0.375 e. The smallest absolute Gasteiger partial charge is 0.180 e. The quantitative estimate of drug-likeness (QED) is 0.902. The van der Waals surface area contributed by atoms with Crippen LogP contribution in [-0.4, -0.2) is 4.98 Å². The van der Waals surface area contributed by atoms with E-state index in [1.165, 1.54) is 11.3 Å². The van der Waals surface area contributed by atoms with Crippen molar-refractivity contribution in [2.75, 3.05) is 5.73 Å². The molecule has 1 heterocycles. The monoisotopic (exact) mass is 313 g/mol. The van der Waals surface area contributed by atoms with Crippen LogP contribution < -0.4 is 11.1 Å². The summed E-state index contributed by atoms with van der Waals surface area (Å²) < 4.78 is 0. The molecule has 0 amide bonds. The molecular formula is C13H13Cl2N3S. The molecule has 0 bridgehead atoms. The van der Waals surface area contributed by atoms with Gasteiger partial charge in [0.2, 0.25) is 0 Å². The lowest BCUT2D eigenvalue weighted by atomic mass is 10.0.